The minimum absolute atomic E-state index is 0.0389. The van der Waals surface area contributed by atoms with Crippen molar-refractivity contribution < 1.29 is 23.9 Å². The fraction of sp³-hybridized carbons (Fsp3) is 0.385. The van der Waals surface area contributed by atoms with E-state index in [-0.39, 0.29) is 24.3 Å². The van der Waals surface area contributed by atoms with Gasteiger partial charge in [-0.3, -0.25) is 9.69 Å². The van der Waals surface area contributed by atoms with Crippen LogP contribution in [0.3, 0.4) is 0 Å². The van der Waals surface area contributed by atoms with Gasteiger partial charge in [-0.15, -0.1) is 0 Å². The Morgan fingerprint density at radius 3 is 2.61 bits per heavy atom. The van der Waals surface area contributed by atoms with Gasteiger partial charge in [0.1, 0.15) is 18.5 Å². The van der Waals surface area contributed by atoms with Crippen molar-refractivity contribution in [1.29, 1.82) is 0 Å². The van der Waals surface area contributed by atoms with E-state index in [1.807, 2.05) is 49.4 Å². The lowest BCUT2D eigenvalue weighted by molar-refractivity contribution is 0.0633. The largest absolute Gasteiger partial charge is 0.497 e. The molecule has 1 amide bonds. The van der Waals surface area contributed by atoms with Gasteiger partial charge in [0.2, 0.25) is 5.76 Å². The van der Waals surface area contributed by atoms with Gasteiger partial charge in [0, 0.05) is 43.4 Å². The lowest BCUT2D eigenvalue weighted by Gasteiger charge is -2.36. The topological polar surface area (TPSA) is 100 Å². The predicted octanol–water partition coefficient (Wildman–Crippen LogP) is 3.39. The Labute approximate surface area is 215 Å². The number of aliphatic hydroxyl groups is 1. The second-order valence-electron chi connectivity index (χ2n) is 8.73. The first-order valence-electron chi connectivity index (χ1n) is 11.9. The zero-order chi connectivity index (χ0) is 25.5. The molecule has 1 aliphatic heterocycles. The van der Waals surface area contributed by atoms with Crippen molar-refractivity contribution >= 4 is 23.2 Å². The van der Waals surface area contributed by atoms with Gasteiger partial charge in [0.15, 0.2) is 0 Å². The van der Waals surface area contributed by atoms with Gasteiger partial charge in [-0.25, -0.2) is 0 Å². The summed E-state index contributed by atoms with van der Waals surface area (Å²) in [5.74, 6) is 0.536. The first kappa shape index (κ1) is 25.8. The number of methoxy groups -OCH3 is 1. The van der Waals surface area contributed by atoms with E-state index in [9.17, 15) is 9.90 Å². The van der Waals surface area contributed by atoms with E-state index in [1.54, 1.807) is 7.11 Å². The number of rotatable bonds is 10. The van der Waals surface area contributed by atoms with Gasteiger partial charge < -0.3 is 29.3 Å². The highest BCUT2D eigenvalue weighted by Gasteiger charge is 2.21. The summed E-state index contributed by atoms with van der Waals surface area (Å²) in [6.45, 7) is 5.75. The maximum Gasteiger partial charge on any atom is 0.290 e. The third-order valence-corrected chi connectivity index (χ3v) is 6.35. The molecule has 3 aromatic rings. The van der Waals surface area contributed by atoms with Crippen LogP contribution in [0, 0.1) is 0 Å². The maximum absolute atomic E-state index is 12.5. The molecule has 0 radical (unpaired) electrons. The molecule has 36 heavy (non-hydrogen) atoms. The monoisotopic (exact) mass is 514 g/mol. The van der Waals surface area contributed by atoms with Crippen molar-refractivity contribution in [3.05, 3.63) is 70.9 Å². The Kier molecular flexibility index (Phi) is 8.69. The Bertz CT molecular complexity index is 1130. The molecule has 0 saturated carbocycles. The van der Waals surface area contributed by atoms with Gasteiger partial charge in [0.25, 0.3) is 11.8 Å². The van der Waals surface area contributed by atoms with Crippen molar-refractivity contribution in [3.63, 3.8) is 0 Å². The number of β-amino-alcohol motifs (C(OH)–C–C–N with tert-alkyl or cyclic N) is 1. The Balaban J connectivity index is 1.19. The number of carbonyl (C=O) groups excluding carboxylic acids is 1. The average Bonchev–Trinajstić information content (AvgIpc) is 3.37. The van der Waals surface area contributed by atoms with E-state index >= 15 is 0 Å². The van der Waals surface area contributed by atoms with Crippen LogP contribution in [-0.4, -0.2) is 73.6 Å². The van der Waals surface area contributed by atoms with Crippen molar-refractivity contribution in [2.75, 3.05) is 51.3 Å². The quantitative estimate of drug-likeness (QED) is 0.424. The van der Waals surface area contributed by atoms with Crippen LogP contribution in [0.4, 0.5) is 5.69 Å². The molecule has 2 atom stereocenters. The first-order valence-corrected chi connectivity index (χ1v) is 12.2. The lowest BCUT2D eigenvalue weighted by atomic mass is 10.1. The predicted molar refractivity (Wildman–Crippen MR) is 137 cm³/mol. The van der Waals surface area contributed by atoms with E-state index in [4.69, 9.17) is 25.6 Å². The summed E-state index contributed by atoms with van der Waals surface area (Å²) in [7, 11) is 1.60. The van der Waals surface area contributed by atoms with Crippen molar-refractivity contribution in [2.24, 2.45) is 0 Å². The van der Waals surface area contributed by atoms with E-state index in [0.29, 0.717) is 6.54 Å². The number of hydrogen-bond acceptors (Lipinski definition) is 8. The van der Waals surface area contributed by atoms with Crippen LogP contribution < -0.4 is 19.7 Å². The fourth-order valence-electron chi connectivity index (χ4n) is 4.07. The number of nitrogens with one attached hydrogen (secondary N) is 1. The van der Waals surface area contributed by atoms with Crippen LogP contribution in [0.2, 0.25) is 5.02 Å². The third-order valence-electron chi connectivity index (χ3n) is 6.11. The Morgan fingerprint density at radius 2 is 1.92 bits per heavy atom. The average molecular weight is 515 g/mol. The van der Waals surface area contributed by atoms with E-state index in [2.05, 4.69) is 26.3 Å². The van der Waals surface area contributed by atoms with Gasteiger partial charge >= 0.3 is 0 Å². The van der Waals surface area contributed by atoms with Crippen LogP contribution >= 0.6 is 11.6 Å². The number of benzene rings is 2. The standard InChI is InChI=1S/C26H31ClN4O5/c1-18(19-6-8-23(34-2)9-7-19)28-26(33)24-15-25(29-36-24)35-17-22(32)16-30-10-12-31(13-11-30)21-5-3-4-20(27)14-21/h3-9,14-15,18,22,32H,10-13,16-17H2,1-2H3,(H,28,33)/t18-,22?/m1/s1. The highest BCUT2D eigenvalue weighted by atomic mass is 35.5. The van der Waals surface area contributed by atoms with Crippen molar-refractivity contribution in [1.82, 2.24) is 15.4 Å². The van der Waals surface area contributed by atoms with Crippen LogP contribution in [0.1, 0.15) is 29.1 Å². The third kappa shape index (κ3) is 6.90. The summed E-state index contributed by atoms with van der Waals surface area (Å²) in [4.78, 5) is 17.0. The molecule has 192 valence electrons. The van der Waals surface area contributed by atoms with E-state index < -0.39 is 12.0 Å². The first-order chi connectivity index (χ1) is 17.4. The number of anilines is 1. The minimum Gasteiger partial charge on any atom is -0.497 e. The number of hydrogen-bond donors (Lipinski definition) is 2. The van der Waals surface area contributed by atoms with Crippen LogP contribution in [0.5, 0.6) is 11.6 Å². The van der Waals surface area contributed by atoms with Gasteiger partial charge in [-0.05, 0) is 48.0 Å². The molecular weight excluding hydrogens is 484 g/mol. The number of nitrogens with zero attached hydrogens (tertiary/aromatic N) is 3. The molecule has 1 saturated heterocycles. The molecule has 0 aliphatic carbocycles. The molecule has 10 heteroatoms. The minimum atomic E-state index is -0.702. The molecule has 0 spiro atoms. The number of aromatic nitrogens is 1. The molecule has 1 aliphatic rings. The number of halogens is 1. The maximum atomic E-state index is 12.5. The molecule has 4 rings (SSSR count). The molecular formula is C26H31ClN4O5. The number of ether oxygens (including phenoxy) is 2. The lowest BCUT2D eigenvalue weighted by Crippen LogP contribution is -2.49. The second-order valence-corrected chi connectivity index (χ2v) is 9.17. The molecule has 1 aromatic heterocycles. The zero-order valence-corrected chi connectivity index (χ0v) is 21.1. The van der Waals surface area contributed by atoms with Crippen LogP contribution in [0.15, 0.2) is 59.1 Å². The molecule has 0 bridgehead atoms. The normalized spacial score (nSPS) is 15.8. The van der Waals surface area contributed by atoms with Crippen molar-refractivity contribution in [3.8, 4) is 11.6 Å². The summed E-state index contributed by atoms with van der Waals surface area (Å²) in [6.07, 6.45) is -0.702. The Hall–Kier alpha value is -3.27. The van der Waals surface area contributed by atoms with Crippen molar-refractivity contribution in [2.45, 2.75) is 19.1 Å². The summed E-state index contributed by atoms with van der Waals surface area (Å²) < 4.78 is 15.8. The molecule has 2 aromatic carbocycles. The van der Waals surface area contributed by atoms with Crippen LogP contribution in [0.25, 0.3) is 0 Å². The molecule has 2 N–H and O–H groups in total. The van der Waals surface area contributed by atoms with E-state index in [1.165, 1.54) is 6.07 Å². The highest BCUT2D eigenvalue weighted by Crippen LogP contribution is 2.21. The fourth-order valence-corrected chi connectivity index (χ4v) is 4.26. The SMILES string of the molecule is COc1ccc([C@@H](C)NC(=O)c2cc(OCC(O)CN3CCN(c4cccc(Cl)c4)CC3)no2)cc1. The summed E-state index contributed by atoms with van der Waals surface area (Å²) >= 11 is 6.10. The molecule has 9 nitrogen and oxygen atoms in total. The number of piperazine rings is 1. The molecule has 1 fully saturated rings. The Morgan fingerprint density at radius 1 is 1.17 bits per heavy atom. The van der Waals surface area contributed by atoms with E-state index in [0.717, 1.165) is 48.2 Å². The van der Waals surface area contributed by atoms with Crippen LogP contribution in [-0.2, 0) is 0 Å². The molecule has 1 unspecified atom stereocenters. The number of aliphatic hydroxyl groups excluding tert-OH is 1. The molecule has 2 heterocycles. The number of amides is 1. The zero-order valence-electron chi connectivity index (χ0n) is 20.4. The summed E-state index contributed by atoms with van der Waals surface area (Å²) in [5.41, 5.74) is 2.03. The second kappa shape index (κ2) is 12.1. The highest BCUT2D eigenvalue weighted by molar-refractivity contribution is 6.30. The summed E-state index contributed by atoms with van der Waals surface area (Å²) in [6, 6.07) is 16.5. The van der Waals surface area contributed by atoms with Gasteiger partial charge in [-0.1, -0.05) is 29.8 Å². The number of carbonyl (C=O) groups is 1. The summed E-state index contributed by atoms with van der Waals surface area (Å²) in [5, 5.41) is 17.8. The van der Waals surface area contributed by atoms with Gasteiger partial charge in [-0.2, -0.15) is 0 Å². The smallest absolute Gasteiger partial charge is 0.290 e. The van der Waals surface area contributed by atoms with Gasteiger partial charge in [0.05, 0.1) is 19.2 Å².